The van der Waals surface area contributed by atoms with Gasteiger partial charge in [0.2, 0.25) is 0 Å². The number of benzene rings is 2. The highest BCUT2D eigenvalue weighted by Gasteiger charge is 2.22. The highest BCUT2D eigenvalue weighted by atomic mass is 16.7. The maximum absolute atomic E-state index is 10.5. The van der Waals surface area contributed by atoms with Gasteiger partial charge in [-0.05, 0) is 30.2 Å². The molecule has 0 aliphatic carbocycles. The Balaban J connectivity index is 2.29. The fourth-order valence-electron chi connectivity index (χ4n) is 2.18. The van der Waals surface area contributed by atoms with Gasteiger partial charge in [-0.1, -0.05) is 55.8 Å². The number of ether oxygens (including phenoxy) is 1. The number of hydrogen-bond acceptors (Lipinski definition) is 2. The molecule has 0 saturated carbocycles. The molecule has 0 spiro atoms. The maximum Gasteiger partial charge on any atom is 0.511 e. The Morgan fingerprint density at radius 2 is 1.40 bits per heavy atom. The van der Waals surface area contributed by atoms with E-state index in [4.69, 9.17) is 5.11 Å². The summed E-state index contributed by atoms with van der Waals surface area (Å²) in [6, 6.07) is 15.6. The van der Waals surface area contributed by atoms with E-state index in [-0.39, 0.29) is 5.41 Å². The number of hydrogen-bond donors (Lipinski definition) is 1. The van der Waals surface area contributed by atoms with Crippen LogP contribution in [0.5, 0.6) is 5.75 Å². The van der Waals surface area contributed by atoms with Gasteiger partial charge in [-0.2, -0.15) is 0 Å². The SMILES string of the molecule is Cc1ccc(C(C)(C)c2ccc(OC(=O)O)cc2)cc1. The van der Waals surface area contributed by atoms with E-state index in [0.29, 0.717) is 5.75 Å². The van der Waals surface area contributed by atoms with Crippen LogP contribution >= 0.6 is 0 Å². The lowest BCUT2D eigenvalue weighted by atomic mass is 9.78. The first-order valence-corrected chi connectivity index (χ1v) is 6.48. The Bertz CT molecular complexity index is 595. The van der Waals surface area contributed by atoms with Crippen molar-refractivity contribution < 1.29 is 14.6 Å². The molecule has 0 amide bonds. The molecule has 0 aliphatic rings. The molecule has 2 aromatic rings. The molecule has 0 fully saturated rings. The first-order valence-electron chi connectivity index (χ1n) is 6.48. The largest absolute Gasteiger partial charge is 0.511 e. The monoisotopic (exact) mass is 270 g/mol. The lowest BCUT2D eigenvalue weighted by molar-refractivity contribution is 0.144. The zero-order chi connectivity index (χ0) is 14.8. The molecule has 0 heterocycles. The fourth-order valence-corrected chi connectivity index (χ4v) is 2.18. The Morgan fingerprint density at radius 1 is 0.950 bits per heavy atom. The highest BCUT2D eigenvalue weighted by molar-refractivity contribution is 5.61. The molecule has 104 valence electrons. The van der Waals surface area contributed by atoms with E-state index in [2.05, 4.69) is 49.8 Å². The van der Waals surface area contributed by atoms with E-state index in [1.54, 1.807) is 12.1 Å². The van der Waals surface area contributed by atoms with E-state index < -0.39 is 6.16 Å². The van der Waals surface area contributed by atoms with Crippen LogP contribution < -0.4 is 4.74 Å². The van der Waals surface area contributed by atoms with E-state index in [1.807, 2.05) is 12.1 Å². The van der Waals surface area contributed by atoms with Crippen molar-refractivity contribution in [3.8, 4) is 5.75 Å². The standard InChI is InChI=1S/C17H18O3/c1-12-4-6-13(7-5-12)17(2,3)14-8-10-15(11-9-14)20-16(18)19/h4-11H,1-3H3,(H,18,19). The van der Waals surface area contributed by atoms with Gasteiger partial charge < -0.3 is 9.84 Å². The van der Waals surface area contributed by atoms with Crippen molar-refractivity contribution in [3.63, 3.8) is 0 Å². The zero-order valence-corrected chi connectivity index (χ0v) is 11.9. The third kappa shape index (κ3) is 2.99. The minimum atomic E-state index is -1.30. The summed E-state index contributed by atoms with van der Waals surface area (Å²) in [5.41, 5.74) is 3.42. The van der Waals surface area contributed by atoms with Crippen molar-refractivity contribution in [2.24, 2.45) is 0 Å². The van der Waals surface area contributed by atoms with Crippen molar-refractivity contribution in [1.82, 2.24) is 0 Å². The van der Waals surface area contributed by atoms with Gasteiger partial charge in [0.25, 0.3) is 0 Å². The van der Waals surface area contributed by atoms with E-state index in [0.717, 1.165) is 5.56 Å². The van der Waals surface area contributed by atoms with E-state index in [9.17, 15) is 4.79 Å². The second kappa shape index (κ2) is 5.37. The molecule has 0 atom stereocenters. The van der Waals surface area contributed by atoms with Gasteiger partial charge in [-0.25, -0.2) is 4.79 Å². The average molecular weight is 270 g/mol. The molecule has 1 N–H and O–H groups in total. The van der Waals surface area contributed by atoms with Crippen molar-refractivity contribution in [2.75, 3.05) is 0 Å². The molecular formula is C17H18O3. The maximum atomic E-state index is 10.5. The van der Waals surface area contributed by atoms with E-state index in [1.165, 1.54) is 11.1 Å². The Morgan fingerprint density at radius 3 is 1.85 bits per heavy atom. The molecule has 0 aromatic heterocycles. The van der Waals surface area contributed by atoms with Crippen molar-refractivity contribution >= 4 is 6.16 Å². The summed E-state index contributed by atoms with van der Waals surface area (Å²) < 4.78 is 4.62. The summed E-state index contributed by atoms with van der Waals surface area (Å²) in [6.45, 7) is 6.35. The second-order valence-corrected chi connectivity index (χ2v) is 5.38. The van der Waals surface area contributed by atoms with Crippen molar-refractivity contribution in [1.29, 1.82) is 0 Å². The first kappa shape index (κ1) is 14.1. The normalized spacial score (nSPS) is 11.2. The Labute approximate surface area is 118 Å². The lowest BCUT2D eigenvalue weighted by Gasteiger charge is -2.26. The summed E-state index contributed by atoms with van der Waals surface area (Å²) in [5.74, 6) is 0.334. The zero-order valence-electron chi connectivity index (χ0n) is 11.9. The third-order valence-corrected chi connectivity index (χ3v) is 3.55. The fraction of sp³-hybridized carbons (Fsp3) is 0.235. The Hall–Kier alpha value is -2.29. The molecular weight excluding hydrogens is 252 g/mol. The Kier molecular flexibility index (Phi) is 3.79. The van der Waals surface area contributed by atoms with Crippen molar-refractivity contribution in [2.45, 2.75) is 26.2 Å². The van der Waals surface area contributed by atoms with Crippen LogP contribution in [0.1, 0.15) is 30.5 Å². The molecule has 0 radical (unpaired) electrons. The number of aryl methyl sites for hydroxylation is 1. The van der Waals surface area contributed by atoms with Gasteiger partial charge in [0.1, 0.15) is 5.75 Å². The molecule has 0 aliphatic heterocycles. The minimum absolute atomic E-state index is 0.143. The molecule has 2 rings (SSSR count). The number of rotatable bonds is 3. The molecule has 0 unspecified atom stereocenters. The van der Waals surface area contributed by atoms with Gasteiger partial charge >= 0.3 is 6.16 Å². The van der Waals surface area contributed by atoms with Crippen LogP contribution in [0.25, 0.3) is 0 Å². The molecule has 0 saturated heterocycles. The smallest absolute Gasteiger partial charge is 0.449 e. The lowest BCUT2D eigenvalue weighted by Crippen LogP contribution is -2.18. The molecule has 2 aromatic carbocycles. The van der Waals surface area contributed by atoms with Gasteiger partial charge in [0.15, 0.2) is 0 Å². The number of carbonyl (C=O) groups is 1. The van der Waals surface area contributed by atoms with Crippen LogP contribution in [0.15, 0.2) is 48.5 Å². The van der Waals surface area contributed by atoms with Gasteiger partial charge in [-0.15, -0.1) is 0 Å². The van der Waals surface area contributed by atoms with E-state index >= 15 is 0 Å². The molecule has 3 heteroatoms. The quantitative estimate of drug-likeness (QED) is 0.665. The summed E-state index contributed by atoms with van der Waals surface area (Å²) in [4.78, 5) is 10.5. The first-order chi connectivity index (χ1) is 9.39. The summed E-state index contributed by atoms with van der Waals surface area (Å²) >= 11 is 0. The third-order valence-electron chi connectivity index (χ3n) is 3.55. The number of carboxylic acid groups (broad SMARTS) is 1. The van der Waals surface area contributed by atoms with Gasteiger partial charge in [0.05, 0.1) is 0 Å². The van der Waals surface area contributed by atoms with Crippen LogP contribution in [0.3, 0.4) is 0 Å². The average Bonchev–Trinajstić information content (AvgIpc) is 2.39. The van der Waals surface area contributed by atoms with Crippen LogP contribution in [0, 0.1) is 6.92 Å². The van der Waals surface area contributed by atoms with Gasteiger partial charge in [-0.3, -0.25) is 0 Å². The van der Waals surface area contributed by atoms with Gasteiger partial charge in [0, 0.05) is 5.41 Å². The van der Waals surface area contributed by atoms with Crippen molar-refractivity contribution in [3.05, 3.63) is 65.2 Å². The molecule has 3 nitrogen and oxygen atoms in total. The predicted molar refractivity (Wildman–Crippen MR) is 78.4 cm³/mol. The second-order valence-electron chi connectivity index (χ2n) is 5.38. The summed E-state index contributed by atoms with van der Waals surface area (Å²) in [5, 5.41) is 8.58. The highest BCUT2D eigenvalue weighted by Crippen LogP contribution is 2.32. The molecule has 0 bridgehead atoms. The molecule has 20 heavy (non-hydrogen) atoms. The van der Waals surface area contributed by atoms with Crippen LogP contribution in [-0.4, -0.2) is 11.3 Å². The summed E-state index contributed by atoms with van der Waals surface area (Å²) in [7, 11) is 0. The predicted octanol–water partition coefficient (Wildman–Crippen LogP) is 4.38. The van der Waals surface area contributed by atoms with Crippen LogP contribution in [0.2, 0.25) is 0 Å². The van der Waals surface area contributed by atoms with Crippen LogP contribution in [-0.2, 0) is 5.41 Å². The topological polar surface area (TPSA) is 46.5 Å². The minimum Gasteiger partial charge on any atom is -0.449 e. The summed E-state index contributed by atoms with van der Waals surface area (Å²) in [6.07, 6.45) is -1.30. The van der Waals surface area contributed by atoms with Crippen LogP contribution in [0.4, 0.5) is 4.79 Å².